The number of alkyl halides is 3. The zero-order valence-electron chi connectivity index (χ0n) is 14.0. The molecule has 0 N–H and O–H groups in total. The lowest BCUT2D eigenvalue weighted by molar-refractivity contribution is -0.158. The maximum atomic E-state index is 13.8. The summed E-state index contributed by atoms with van der Waals surface area (Å²) >= 11 is 11.5. The number of para-hydroxylation sites is 1. The quantitative estimate of drug-likeness (QED) is 0.462. The zero-order valence-corrected chi connectivity index (χ0v) is 18.7. The van der Waals surface area contributed by atoms with Crippen LogP contribution in [0.5, 0.6) is 0 Å². The van der Waals surface area contributed by atoms with Gasteiger partial charge in [-0.2, -0.15) is 0 Å². The van der Waals surface area contributed by atoms with Crippen molar-refractivity contribution in [3.05, 3.63) is 29.8 Å². The summed E-state index contributed by atoms with van der Waals surface area (Å²) in [5, 5.41) is 0. The van der Waals surface area contributed by atoms with Crippen LogP contribution < -0.4 is 4.90 Å². The second-order valence-corrected chi connectivity index (χ2v) is 12.0. The Bertz CT molecular complexity index is 704. The normalized spacial score (nSPS) is 36.4. The fourth-order valence-electron chi connectivity index (χ4n) is 5.65. The molecular weight excluding hydrogens is 498 g/mol. The van der Waals surface area contributed by atoms with E-state index in [4.69, 9.17) is 0 Å². The van der Waals surface area contributed by atoms with Crippen molar-refractivity contribution in [1.82, 2.24) is 0 Å². The van der Waals surface area contributed by atoms with Gasteiger partial charge in [-0.1, -0.05) is 79.8 Å². The molecule has 3 atom stereocenters. The molecule has 24 heavy (non-hydrogen) atoms. The molecule has 1 aliphatic heterocycles. The Balaban J connectivity index is 1.75. The first-order chi connectivity index (χ1) is 11.3. The fourth-order valence-corrected chi connectivity index (χ4v) is 10.6. The lowest BCUT2D eigenvalue weighted by atomic mass is 9.43. The number of rotatable bonds is 2. The minimum atomic E-state index is -0.308. The van der Waals surface area contributed by atoms with Crippen molar-refractivity contribution >= 4 is 59.4 Å². The average molecular weight is 520 g/mol. The molecule has 0 spiro atoms. The zero-order chi connectivity index (χ0) is 17.3. The van der Waals surface area contributed by atoms with E-state index in [0.717, 1.165) is 37.9 Å². The Kier molecular flexibility index (Phi) is 4.06. The molecule has 0 aromatic heterocycles. The minimum absolute atomic E-state index is 0.0463. The van der Waals surface area contributed by atoms with Gasteiger partial charge in [-0.05, 0) is 42.7 Å². The highest BCUT2D eigenvalue weighted by Crippen LogP contribution is 2.82. The molecule has 3 aliphatic carbocycles. The molecule has 1 aromatic rings. The number of hydrogen-bond acceptors (Lipinski definition) is 1. The molecule has 130 valence electrons. The van der Waals surface area contributed by atoms with Crippen molar-refractivity contribution in [2.24, 2.45) is 16.2 Å². The molecule has 1 amide bonds. The fraction of sp³-hybridized carbons (Fsp3) is 0.632. The number of nitrogens with zero attached hydrogens (tertiary/aromatic N) is 1. The van der Waals surface area contributed by atoms with Crippen LogP contribution in [-0.2, 0) is 11.2 Å². The lowest BCUT2D eigenvalue weighted by Gasteiger charge is -2.66. The van der Waals surface area contributed by atoms with Crippen LogP contribution in [0.4, 0.5) is 5.69 Å². The van der Waals surface area contributed by atoms with Crippen LogP contribution in [0.1, 0.15) is 38.7 Å². The molecule has 2 bridgehead atoms. The van der Waals surface area contributed by atoms with Gasteiger partial charge in [-0.3, -0.25) is 4.79 Å². The Morgan fingerprint density at radius 2 is 1.96 bits per heavy atom. The minimum Gasteiger partial charge on any atom is -0.312 e. The number of amides is 1. The number of fused-ring (bicyclic) bond motifs is 2. The summed E-state index contributed by atoms with van der Waals surface area (Å²) in [7, 11) is 0. The van der Waals surface area contributed by atoms with Crippen LogP contribution >= 0.6 is 47.8 Å². The van der Waals surface area contributed by atoms with Crippen molar-refractivity contribution in [2.45, 2.75) is 48.1 Å². The summed E-state index contributed by atoms with van der Waals surface area (Å²) in [6, 6.07) is 8.39. The predicted octanol–water partition coefficient (Wildman–Crippen LogP) is 5.65. The molecule has 0 radical (unpaired) electrons. The number of carbonyl (C=O) groups excluding carboxylic acids is 1. The molecular formula is C19H22Br3NO. The first-order valence-corrected chi connectivity index (χ1v) is 11.4. The Labute approximate surface area is 169 Å². The number of carbonyl (C=O) groups is 1. The van der Waals surface area contributed by atoms with Crippen molar-refractivity contribution in [1.29, 1.82) is 0 Å². The van der Waals surface area contributed by atoms with Crippen LogP contribution in [0, 0.1) is 16.2 Å². The van der Waals surface area contributed by atoms with Gasteiger partial charge < -0.3 is 4.90 Å². The van der Waals surface area contributed by atoms with E-state index in [1.807, 2.05) is 6.07 Å². The van der Waals surface area contributed by atoms with E-state index in [2.05, 4.69) is 84.7 Å². The number of anilines is 1. The van der Waals surface area contributed by atoms with Gasteiger partial charge in [0.15, 0.2) is 0 Å². The van der Waals surface area contributed by atoms with Crippen molar-refractivity contribution in [2.75, 3.05) is 11.4 Å². The standard InChI is InChI=1S/C19H22Br3NO/c1-17(2)18(15(21)22)9-10-19(17,14(18)20)16(24)23-11-5-7-12-6-3-4-8-13(12)23/h3-4,6,8,14-15H,5,7,9-11H2,1-2H3/t14-,18+,19+/m1/s1. The summed E-state index contributed by atoms with van der Waals surface area (Å²) in [4.78, 5) is 16.1. The van der Waals surface area contributed by atoms with E-state index < -0.39 is 0 Å². The maximum Gasteiger partial charge on any atom is 0.234 e. The highest BCUT2D eigenvalue weighted by molar-refractivity contribution is 9.24. The first kappa shape index (κ1) is 17.5. The van der Waals surface area contributed by atoms with Gasteiger partial charge in [0.1, 0.15) is 0 Å². The molecule has 3 fully saturated rings. The first-order valence-electron chi connectivity index (χ1n) is 8.63. The van der Waals surface area contributed by atoms with Crippen molar-refractivity contribution < 1.29 is 4.79 Å². The third-order valence-corrected chi connectivity index (χ3v) is 10.5. The van der Waals surface area contributed by atoms with Crippen LogP contribution in [0.15, 0.2) is 24.3 Å². The van der Waals surface area contributed by atoms with Gasteiger partial charge >= 0.3 is 0 Å². The van der Waals surface area contributed by atoms with Crippen LogP contribution in [0.3, 0.4) is 0 Å². The number of hydrogen-bond donors (Lipinski definition) is 0. The van der Waals surface area contributed by atoms with E-state index in [-0.39, 0.29) is 24.8 Å². The maximum absolute atomic E-state index is 13.8. The molecule has 1 heterocycles. The summed E-state index contributed by atoms with van der Waals surface area (Å²) in [6.07, 6.45) is 4.15. The van der Waals surface area contributed by atoms with Crippen LogP contribution in [-0.4, -0.2) is 21.0 Å². The molecule has 5 heteroatoms. The molecule has 0 saturated heterocycles. The third-order valence-electron chi connectivity index (χ3n) is 7.22. The molecule has 1 aromatic carbocycles. The smallest absolute Gasteiger partial charge is 0.234 e. The number of benzene rings is 1. The second kappa shape index (κ2) is 5.56. The number of aryl methyl sites for hydroxylation is 1. The molecule has 4 aliphatic rings. The topological polar surface area (TPSA) is 20.3 Å². The molecule has 3 saturated carbocycles. The monoisotopic (exact) mass is 517 g/mol. The highest BCUT2D eigenvalue weighted by Gasteiger charge is 2.83. The van der Waals surface area contributed by atoms with Crippen LogP contribution in [0.2, 0.25) is 0 Å². The van der Waals surface area contributed by atoms with Gasteiger partial charge in [0.25, 0.3) is 0 Å². The van der Waals surface area contributed by atoms with Crippen molar-refractivity contribution in [3.63, 3.8) is 0 Å². The van der Waals surface area contributed by atoms with Gasteiger partial charge in [0, 0.05) is 22.5 Å². The predicted molar refractivity (Wildman–Crippen MR) is 109 cm³/mol. The summed E-state index contributed by atoms with van der Waals surface area (Å²) in [6.45, 7) is 5.40. The van der Waals surface area contributed by atoms with Crippen molar-refractivity contribution in [3.8, 4) is 0 Å². The van der Waals surface area contributed by atoms with Crippen LogP contribution in [0.25, 0.3) is 0 Å². The van der Waals surface area contributed by atoms with E-state index in [0.29, 0.717) is 5.91 Å². The summed E-state index contributed by atoms with van der Waals surface area (Å²) in [5.74, 6) is 0.315. The molecule has 5 rings (SSSR count). The lowest BCUT2D eigenvalue weighted by Crippen LogP contribution is -2.72. The van der Waals surface area contributed by atoms with E-state index in [9.17, 15) is 4.79 Å². The number of halogens is 3. The van der Waals surface area contributed by atoms with E-state index >= 15 is 0 Å². The van der Waals surface area contributed by atoms with Gasteiger partial charge in [0.2, 0.25) is 5.91 Å². The van der Waals surface area contributed by atoms with E-state index in [1.165, 1.54) is 5.56 Å². The van der Waals surface area contributed by atoms with E-state index in [1.54, 1.807) is 0 Å². The molecule has 2 nitrogen and oxygen atoms in total. The van der Waals surface area contributed by atoms with Gasteiger partial charge in [-0.25, -0.2) is 0 Å². The highest BCUT2D eigenvalue weighted by atomic mass is 79.9. The SMILES string of the molecule is CC1(C)[C@@]2(C(=O)N3CCCc4ccccc43)CC[C@@]1(C(Br)Br)[C@H]2Br. The summed E-state index contributed by atoms with van der Waals surface area (Å²) < 4.78 is 0.217. The average Bonchev–Trinajstić information content (AvgIpc) is 3.03. The second-order valence-electron chi connectivity index (χ2n) is 7.99. The Hall–Kier alpha value is 0.130. The van der Waals surface area contributed by atoms with Gasteiger partial charge in [-0.15, -0.1) is 0 Å². The largest absolute Gasteiger partial charge is 0.312 e. The molecule has 0 unspecified atom stereocenters. The Morgan fingerprint density at radius 3 is 2.58 bits per heavy atom. The summed E-state index contributed by atoms with van der Waals surface area (Å²) in [5.41, 5.74) is 2.15. The van der Waals surface area contributed by atoms with Gasteiger partial charge in [0.05, 0.1) is 9.15 Å². The third kappa shape index (κ3) is 1.80. The Morgan fingerprint density at radius 1 is 1.25 bits per heavy atom.